The quantitative estimate of drug-likeness (QED) is 0.665. The van der Waals surface area contributed by atoms with Gasteiger partial charge < -0.3 is 0 Å². The van der Waals surface area contributed by atoms with E-state index in [1.807, 2.05) is 20.8 Å². The highest BCUT2D eigenvalue weighted by Crippen LogP contribution is 2.12. The molecule has 2 rings (SSSR count). The van der Waals surface area contributed by atoms with Gasteiger partial charge in [0.2, 0.25) is 5.95 Å². The van der Waals surface area contributed by atoms with E-state index in [4.69, 9.17) is 0 Å². The van der Waals surface area contributed by atoms with Gasteiger partial charge in [-0.05, 0) is 39.3 Å². The van der Waals surface area contributed by atoms with Gasteiger partial charge in [-0.15, -0.1) is 0 Å². The van der Waals surface area contributed by atoms with E-state index in [0.717, 1.165) is 16.8 Å². The van der Waals surface area contributed by atoms with Gasteiger partial charge in [0.25, 0.3) is 5.56 Å². The van der Waals surface area contributed by atoms with E-state index in [1.165, 1.54) is 11.6 Å². The Morgan fingerprint density at radius 2 is 2.00 bits per heavy atom. The highest BCUT2D eigenvalue weighted by atomic mass is 16.1. The third-order valence-corrected chi connectivity index (χ3v) is 2.98. The lowest BCUT2D eigenvalue weighted by Gasteiger charge is -2.07. The van der Waals surface area contributed by atoms with Crippen LogP contribution in [0.15, 0.2) is 34.2 Å². The number of aromatic amines is 1. The van der Waals surface area contributed by atoms with Crippen LogP contribution in [0.4, 0.5) is 5.95 Å². The molecular weight excluding hydrogens is 252 g/mol. The molecule has 0 spiro atoms. The second-order valence-electron chi connectivity index (χ2n) is 4.86. The number of hydrazone groups is 1. The minimum Gasteiger partial charge on any atom is -0.291 e. The van der Waals surface area contributed by atoms with Gasteiger partial charge in [-0.25, -0.2) is 10.4 Å². The molecule has 2 N–H and O–H groups in total. The third kappa shape index (κ3) is 3.32. The van der Waals surface area contributed by atoms with Gasteiger partial charge >= 0.3 is 0 Å². The summed E-state index contributed by atoms with van der Waals surface area (Å²) in [4.78, 5) is 18.1. The van der Waals surface area contributed by atoms with Gasteiger partial charge in [0.15, 0.2) is 0 Å². The Kier molecular flexibility index (Phi) is 3.98. The molecule has 0 fully saturated rings. The molecule has 0 bridgehead atoms. The maximum Gasteiger partial charge on any atom is 0.252 e. The summed E-state index contributed by atoms with van der Waals surface area (Å²) in [6, 6.07) is 7.66. The standard InChI is InChI=1S/C15H18N4O/c1-9-5-6-10(2)13(7-9)12(4)18-19-15-16-11(3)8-14(20)17-15/h5-8H,1-4H3,(H2,16,17,19,20)/b18-12-. The lowest BCUT2D eigenvalue weighted by atomic mass is 10.0. The monoisotopic (exact) mass is 270 g/mol. The fourth-order valence-corrected chi connectivity index (χ4v) is 1.95. The number of H-pyrrole nitrogens is 1. The molecule has 20 heavy (non-hydrogen) atoms. The molecule has 0 saturated heterocycles. The molecule has 5 nitrogen and oxygen atoms in total. The molecule has 0 aliphatic heterocycles. The normalized spacial score (nSPS) is 11.5. The van der Waals surface area contributed by atoms with Crippen molar-refractivity contribution in [2.45, 2.75) is 27.7 Å². The van der Waals surface area contributed by atoms with Gasteiger partial charge in [-0.3, -0.25) is 9.78 Å². The lowest BCUT2D eigenvalue weighted by molar-refractivity contribution is 1.04. The third-order valence-electron chi connectivity index (χ3n) is 2.98. The molecule has 0 aliphatic carbocycles. The molecule has 1 aromatic heterocycles. The molecule has 2 aromatic rings. The second kappa shape index (κ2) is 5.69. The number of aryl methyl sites for hydroxylation is 3. The Morgan fingerprint density at radius 1 is 1.25 bits per heavy atom. The molecule has 1 heterocycles. The molecule has 1 aromatic carbocycles. The lowest BCUT2D eigenvalue weighted by Crippen LogP contribution is -2.11. The maximum atomic E-state index is 11.3. The Bertz CT molecular complexity index is 716. The fraction of sp³-hybridized carbons (Fsp3) is 0.267. The average molecular weight is 270 g/mol. The van der Waals surface area contributed by atoms with Crippen molar-refractivity contribution in [3.63, 3.8) is 0 Å². The minimum atomic E-state index is -0.195. The van der Waals surface area contributed by atoms with Crippen molar-refractivity contribution in [1.82, 2.24) is 9.97 Å². The first-order chi connectivity index (χ1) is 9.45. The van der Waals surface area contributed by atoms with Gasteiger partial charge in [-0.2, -0.15) is 5.10 Å². The van der Waals surface area contributed by atoms with Crippen molar-refractivity contribution in [2.75, 3.05) is 5.43 Å². The van der Waals surface area contributed by atoms with E-state index in [1.54, 1.807) is 6.92 Å². The van der Waals surface area contributed by atoms with Crippen molar-refractivity contribution < 1.29 is 0 Å². The SMILES string of the molecule is C/C(=N/Nc1nc(C)cc(=O)[nH]1)c1cc(C)ccc1C. The van der Waals surface area contributed by atoms with Crippen LogP contribution < -0.4 is 11.0 Å². The van der Waals surface area contributed by atoms with E-state index >= 15 is 0 Å². The molecule has 0 aliphatic rings. The van der Waals surface area contributed by atoms with Crippen LogP contribution in [-0.4, -0.2) is 15.7 Å². The van der Waals surface area contributed by atoms with Crippen LogP contribution in [0.25, 0.3) is 0 Å². The number of rotatable bonds is 3. The van der Waals surface area contributed by atoms with Gasteiger partial charge in [-0.1, -0.05) is 17.7 Å². The Morgan fingerprint density at radius 3 is 2.70 bits per heavy atom. The largest absolute Gasteiger partial charge is 0.291 e. The molecule has 0 saturated carbocycles. The number of nitrogens with one attached hydrogen (secondary N) is 2. The van der Waals surface area contributed by atoms with E-state index in [0.29, 0.717) is 11.6 Å². The van der Waals surface area contributed by atoms with E-state index in [-0.39, 0.29) is 5.56 Å². The summed E-state index contributed by atoms with van der Waals surface area (Å²) in [5.74, 6) is 0.347. The van der Waals surface area contributed by atoms with Crippen molar-refractivity contribution in [2.24, 2.45) is 5.10 Å². The predicted octanol–water partition coefficient (Wildman–Crippen LogP) is 2.53. The Balaban J connectivity index is 2.26. The highest BCUT2D eigenvalue weighted by Gasteiger charge is 2.03. The molecule has 104 valence electrons. The van der Waals surface area contributed by atoms with Gasteiger partial charge in [0, 0.05) is 17.3 Å². The molecule has 0 amide bonds. The molecule has 0 atom stereocenters. The summed E-state index contributed by atoms with van der Waals surface area (Å²) in [6.07, 6.45) is 0. The molecule has 0 unspecified atom stereocenters. The van der Waals surface area contributed by atoms with Crippen LogP contribution in [-0.2, 0) is 0 Å². The summed E-state index contributed by atoms with van der Waals surface area (Å²) in [5, 5.41) is 4.28. The van der Waals surface area contributed by atoms with Crippen LogP contribution in [0.3, 0.4) is 0 Å². The van der Waals surface area contributed by atoms with E-state index < -0.39 is 0 Å². The summed E-state index contributed by atoms with van der Waals surface area (Å²) in [5.41, 5.74) is 7.51. The summed E-state index contributed by atoms with van der Waals surface area (Å²) < 4.78 is 0. The van der Waals surface area contributed by atoms with Crippen LogP contribution in [0, 0.1) is 20.8 Å². The van der Waals surface area contributed by atoms with Crippen LogP contribution >= 0.6 is 0 Å². The van der Waals surface area contributed by atoms with Crippen molar-refractivity contribution in [1.29, 1.82) is 0 Å². The first-order valence-electron chi connectivity index (χ1n) is 6.41. The molecule has 0 radical (unpaired) electrons. The first-order valence-corrected chi connectivity index (χ1v) is 6.41. The summed E-state index contributed by atoms with van der Waals surface area (Å²) in [6.45, 7) is 7.77. The van der Waals surface area contributed by atoms with Crippen LogP contribution in [0.2, 0.25) is 0 Å². The Hall–Kier alpha value is -2.43. The number of nitrogens with zero attached hydrogens (tertiary/aromatic N) is 2. The summed E-state index contributed by atoms with van der Waals surface area (Å²) >= 11 is 0. The zero-order chi connectivity index (χ0) is 14.7. The zero-order valence-corrected chi connectivity index (χ0v) is 12.1. The summed E-state index contributed by atoms with van der Waals surface area (Å²) in [7, 11) is 0. The number of hydrogen-bond donors (Lipinski definition) is 2. The van der Waals surface area contributed by atoms with Gasteiger partial charge in [0.05, 0.1) is 5.71 Å². The second-order valence-corrected chi connectivity index (χ2v) is 4.86. The smallest absolute Gasteiger partial charge is 0.252 e. The number of hydrogen-bond acceptors (Lipinski definition) is 4. The zero-order valence-electron chi connectivity index (χ0n) is 12.1. The average Bonchev–Trinajstić information content (AvgIpc) is 2.38. The maximum absolute atomic E-state index is 11.3. The van der Waals surface area contributed by atoms with Crippen molar-refractivity contribution >= 4 is 11.7 Å². The van der Waals surface area contributed by atoms with E-state index in [2.05, 4.69) is 38.7 Å². The van der Waals surface area contributed by atoms with Gasteiger partial charge in [0.1, 0.15) is 0 Å². The number of aromatic nitrogens is 2. The predicted molar refractivity (Wildman–Crippen MR) is 81.3 cm³/mol. The number of anilines is 1. The van der Waals surface area contributed by atoms with Crippen molar-refractivity contribution in [3.05, 3.63) is 57.0 Å². The topological polar surface area (TPSA) is 70.1 Å². The van der Waals surface area contributed by atoms with Crippen LogP contribution in [0.5, 0.6) is 0 Å². The van der Waals surface area contributed by atoms with Crippen molar-refractivity contribution in [3.8, 4) is 0 Å². The first kappa shape index (κ1) is 14.0. The molecular formula is C15H18N4O. The molecule has 5 heteroatoms. The fourth-order valence-electron chi connectivity index (χ4n) is 1.95. The van der Waals surface area contributed by atoms with E-state index in [9.17, 15) is 4.79 Å². The Labute approximate surface area is 117 Å². The minimum absolute atomic E-state index is 0.195. The van der Waals surface area contributed by atoms with Crippen LogP contribution in [0.1, 0.15) is 29.3 Å². The number of benzene rings is 1. The highest BCUT2D eigenvalue weighted by molar-refractivity contribution is 6.00.